The highest BCUT2D eigenvalue weighted by Gasteiger charge is 2.11. The van der Waals surface area contributed by atoms with Crippen LogP contribution < -0.4 is 5.32 Å². The van der Waals surface area contributed by atoms with Gasteiger partial charge < -0.3 is 5.32 Å². The van der Waals surface area contributed by atoms with Crippen molar-refractivity contribution >= 4 is 11.6 Å². The van der Waals surface area contributed by atoms with Gasteiger partial charge in [0, 0.05) is 11.1 Å². The molecule has 1 atom stereocenters. The Morgan fingerprint density at radius 3 is 2.88 bits per heavy atom. The molecule has 0 aliphatic carbocycles. The monoisotopic (exact) mass is 237 g/mol. The fraction of sp³-hybridized carbons (Fsp3) is 0.429. The zero-order chi connectivity index (χ0) is 12.0. The van der Waals surface area contributed by atoms with Gasteiger partial charge >= 0.3 is 0 Å². The van der Waals surface area contributed by atoms with Gasteiger partial charge in [-0.1, -0.05) is 23.7 Å². The zero-order valence-corrected chi connectivity index (χ0v) is 10.8. The maximum absolute atomic E-state index is 6.04. The summed E-state index contributed by atoms with van der Waals surface area (Å²) < 4.78 is 0. The van der Waals surface area contributed by atoms with E-state index in [1.54, 1.807) is 0 Å². The van der Waals surface area contributed by atoms with Crippen molar-refractivity contribution in [1.29, 1.82) is 0 Å². The number of halogens is 1. The van der Waals surface area contributed by atoms with Crippen LogP contribution in [0.4, 0.5) is 0 Å². The molecule has 0 bridgehead atoms. The molecule has 0 radical (unpaired) electrons. The van der Waals surface area contributed by atoms with Crippen molar-refractivity contribution in [3.63, 3.8) is 0 Å². The summed E-state index contributed by atoms with van der Waals surface area (Å²) in [6, 6.07) is 6.47. The van der Waals surface area contributed by atoms with Gasteiger partial charge in [-0.15, -0.1) is 6.58 Å². The summed E-state index contributed by atoms with van der Waals surface area (Å²) in [7, 11) is 2.00. The Bertz CT molecular complexity index is 347. The standard InChI is InChI=1S/C14H20ClN/c1-4-5-6-7-14(16-3)13-10-12(15)9-8-11(13)2/h4,8-10,14,16H,1,5-7H2,2-3H3. The Morgan fingerprint density at radius 1 is 1.50 bits per heavy atom. The summed E-state index contributed by atoms with van der Waals surface area (Å²) >= 11 is 6.04. The maximum Gasteiger partial charge on any atom is 0.0409 e. The van der Waals surface area contributed by atoms with E-state index in [2.05, 4.69) is 31.0 Å². The van der Waals surface area contributed by atoms with Gasteiger partial charge in [-0.05, 0) is 56.5 Å². The summed E-state index contributed by atoms with van der Waals surface area (Å²) in [4.78, 5) is 0. The molecule has 1 aromatic carbocycles. The number of allylic oxidation sites excluding steroid dienone is 1. The minimum atomic E-state index is 0.388. The quantitative estimate of drug-likeness (QED) is 0.576. The summed E-state index contributed by atoms with van der Waals surface area (Å²) in [6.07, 6.45) is 5.31. The van der Waals surface area contributed by atoms with Crippen molar-refractivity contribution in [2.24, 2.45) is 0 Å². The number of benzene rings is 1. The predicted octanol–water partition coefficient (Wildman–Crippen LogP) is 4.27. The summed E-state index contributed by atoms with van der Waals surface area (Å²) in [6.45, 7) is 5.87. The van der Waals surface area contributed by atoms with Crippen molar-refractivity contribution < 1.29 is 0 Å². The normalized spacial score (nSPS) is 12.4. The highest BCUT2D eigenvalue weighted by Crippen LogP contribution is 2.25. The smallest absolute Gasteiger partial charge is 0.0409 e. The van der Waals surface area contributed by atoms with Crippen LogP contribution >= 0.6 is 11.6 Å². The summed E-state index contributed by atoms with van der Waals surface area (Å²) in [5.41, 5.74) is 2.60. The topological polar surface area (TPSA) is 12.0 Å². The molecule has 0 aliphatic rings. The van der Waals surface area contributed by atoms with Gasteiger partial charge in [0.15, 0.2) is 0 Å². The molecule has 0 saturated heterocycles. The molecule has 0 spiro atoms. The average Bonchev–Trinajstić information content (AvgIpc) is 2.28. The van der Waals surface area contributed by atoms with Crippen molar-refractivity contribution in [3.05, 3.63) is 47.0 Å². The Balaban J connectivity index is 2.77. The number of aryl methyl sites for hydroxylation is 1. The third-order valence-electron chi connectivity index (χ3n) is 2.87. The van der Waals surface area contributed by atoms with Gasteiger partial charge in [-0.2, -0.15) is 0 Å². The minimum Gasteiger partial charge on any atom is -0.313 e. The number of unbranched alkanes of at least 4 members (excludes halogenated alkanes) is 1. The molecular formula is C14H20ClN. The van der Waals surface area contributed by atoms with Gasteiger partial charge in [0.1, 0.15) is 0 Å². The first-order valence-electron chi connectivity index (χ1n) is 5.73. The van der Waals surface area contributed by atoms with Crippen LogP contribution in [0.2, 0.25) is 5.02 Å². The van der Waals surface area contributed by atoms with Crippen LogP contribution in [0.25, 0.3) is 0 Å². The molecule has 16 heavy (non-hydrogen) atoms. The Labute approximate surface area is 104 Å². The van der Waals surface area contributed by atoms with Crippen LogP contribution in [-0.4, -0.2) is 7.05 Å². The van der Waals surface area contributed by atoms with Crippen molar-refractivity contribution in [1.82, 2.24) is 5.32 Å². The highest BCUT2D eigenvalue weighted by atomic mass is 35.5. The van der Waals surface area contributed by atoms with Crippen LogP contribution in [0.1, 0.15) is 36.4 Å². The van der Waals surface area contributed by atoms with Gasteiger partial charge in [0.25, 0.3) is 0 Å². The van der Waals surface area contributed by atoms with E-state index in [-0.39, 0.29) is 0 Å². The SMILES string of the molecule is C=CCCCC(NC)c1cc(Cl)ccc1C. The number of hydrogen-bond acceptors (Lipinski definition) is 1. The van der Waals surface area contributed by atoms with E-state index in [1.807, 2.05) is 19.2 Å². The first-order chi connectivity index (χ1) is 7.69. The van der Waals surface area contributed by atoms with Crippen molar-refractivity contribution in [2.75, 3.05) is 7.05 Å². The Morgan fingerprint density at radius 2 is 2.25 bits per heavy atom. The molecule has 0 aromatic heterocycles. The maximum atomic E-state index is 6.04. The fourth-order valence-corrected chi connectivity index (χ4v) is 2.09. The van der Waals surface area contributed by atoms with Crippen molar-refractivity contribution in [3.8, 4) is 0 Å². The molecule has 0 amide bonds. The van der Waals surface area contributed by atoms with Crippen LogP contribution in [0.5, 0.6) is 0 Å². The molecule has 1 rings (SSSR count). The molecule has 0 aliphatic heterocycles. The van der Waals surface area contributed by atoms with Gasteiger partial charge in [-0.25, -0.2) is 0 Å². The van der Waals surface area contributed by atoms with Crippen LogP contribution in [0.15, 0.2) is 30.9 Å². The third-order valence-corrected chi connectivity index (χ3v) is 3.10. The van der Waals surface area contributed by atoms with Gasteiger partial charge in [0.2, 0.25) is 0 Å². The first kappa shape index (κ1) is 13.3. The summed E-state index contributed by atoms with van der Waals surface area (Å²) in [5.74, 6) is 0. The van der Waals surface area contributed by atoms with E-state index in [9.17, 15) is 0 Å². The minimum absolute atomic E-state index is 0.388. The number of nitrogens with one attached hydrogen (secondary N) is 1. The van der Waals surface area contributed by atoms with E-state index in [1.165, 1.54) is 11.1 Å². The van der Waals surface area contributed by atoms with Crippen LogP contribution in [0.3, 0.4) is 0 Å². The Kier molecular flexibility index (Phi) is 5.58. The third kappa shape index (κ3) is 3.66. The van der Waals surface area contributed by atoms with Gasteiger partial charge in [-0.3, -0.25) is 0 Å². The van der Waals surface area contributed by atoms with Crippen molar-refractivity contribution in [2.45, 2.75) is 32.2 Å². The largest absolute Gasteiger partial charge is 0.313 e. The summed E-state index contributed by atoms with van der Waals surface area (Å²) in [5, 5.41) is 4.16. The molecule has 1 N–H and O–H groups in total. The lowest BCUT2D eigenvalue weighted by Crippen LogP contribution is -2.17. The molecule has 88 valence electrons. The molecule has 0 fully saturated rings. The fourth-order valence-electron chi connectivity index (χ4n) is 1.91. The molecule has 1 unspecified atom stereocenters. The van der Waals surface area contributed by atoms with E-state index in [4.69, 9.17) is 11.6 Å². The van der Waals surface area contributed by atoms with Crippen LogP contribution in [-0.2, 0) is 0 Å². The zero-order valence-electron chi connectivity index (χ0n) is 10.1. The van der Waals surface area contributed by atoms with Gasteiger partial charge in [0.05, 0.1) is 0 Å². The molecular weight excluding hydrogens is 218 g/mol. The lowest BCUT2D eigenvalue weighted by Gasteiger charge is -2.18. The second-order valence-electron chi connectivity index (χ2n) is 4.06. The molecule has 0 heterocycles. The number of rotatable bonds is 6. The van der Waals surface area contributed by atoms with E-state index < -0.39 is 0 Å². The second kappa shape index (κ2) is 6.72. The molecule has 1 aromatic rings. The second-order valence-corrected chi connectivity index (χ2v) is 4.50. The van der Waals surface area contributed by atoms with E-state index >= 15 is 0 Å². The predicted molar refractivity (Wildman–Crippen MR) is 72.0 cm³/mol. The first-order valence-corrected chi connectivity index (χ1v) is 6.11. The van der Waals surface area contributed by atoms with E-state index in [0.717, 1.165) is 24.3 Å². The highest BCUT2D eigenvalue weighted by molar-refractivity contribution is 6.30. The number of hydrogen-bond donors (Lipinski definition) is 1. The lowest BCUT2D eigenvalue weighted by molar-refractivity contribution is 0.528. The molecule has 2 heteroatoms. The molecule has 1 nitrogen and oxygen atoms in total. The average molecular weight is 238 g/mol. The lowest BCUT2D eigenvalue weighted by atomic mass is 9.97. The van der Waals surface area contributed by atoms with Crippen LogP contribution in [0, 0.1) is 6.92 Å². The molecule has 0 saturated carbocycles. The Hall–Kier alpha value is -0.790. The van der Waals surface area contributed by atoms with E-state index in [0.29, 0.717) is 6.04 Å².